The molecule has 0 heterocycles. The van der Waals surface area contributed by atoms with Gasteiger partial charge in [0, 0.05) is 13.1 Å². The lowest BCUT2D eigenvalue weighted by molar-refractivity contribution is -0.152. The zero-order chi connectivity index (χ0) is 15.4. The van der Waals surface area contributed by atoms with Crippen molar-refractivity contribution in [3.05, 3.63) is 0 Å². The fourth-order valence-electron chi connectivity index (χ4n) is 1.62. The first kappa shape index (κ1) is 18.7. The van der Waals surface area contributed by atoms with Gasteiger partial charge in [-0.3, -0.25) is 4.79 Å². The van der Waals surface area contributed by atoms with Crippen LogP contribution in [0.25, 0.3) is 0 Å². The lowest BCUT2D eigenvalue weighted by Crippen LogP contribution is -2.38. The van der Waals surface area contributed by atoms with E-state index in [1.54, 1.807) is 0 Å². The van der Waals surface area contributed by atoms with Crippen LogP contribution in [0.3, 0.4) is 0 Å². The van der Waals surface area contributed by atoms with Crippen molar-refractivity contribution in [3.8, 4) is 0 Å². The molecule has 0 aliphatic heterocycles. The van der Waals surface area contributed by atoms with Crippen LogP contribution in [-0.2, 0) is 9.53 Å². The summed E-state index contributed by atoms with van der Waals surface area (Å²) in [6.45, 7) is 11.4. The lowest BCUT2D eigenvalue weighted by atomic mass is 10.2. The fourth-order valence-corrected chi connectivity index (χ4v) is 1.62. The normalized spacial score (nSPS) is 12.2. The molecular weight excluding hydrogens is 254 g/mol. The number of unbranched alkanes of at least 4 members (excludes halogenated alkanes) is 3. The molecule has 0 rings (SSSR count). The van der Waals surface area contributed by atoms with Gasteiger partial charge in [-0.25, -0.2) is 4.99 Å². The Morgan fingerprint density at radius 3 is 2.35 bits per heavy atom. The number of rotatable bonds is 8. The highest BCUT2D eigenvalue weighted by atomic mass is 16.6. The second-order valence-corrected chi connectivity index (χ2v) is 5.77. The van der Waals surface area contributed by atoms with Crippen molar-refractivity contribution in [1.82, 2.24) is 10.6 Å². The van der Waals surface area contributed by atoms with E-state index in [1.807, 2.05) is 27.7 Å². The third kappa shape index (κ3) is 11.8. The Hall–Kier alpha value is -1.26. The molecule has 0 aromatic carbocycles. The predicted octanol–water partition coefficient (Wildman–Crippen LogP) is 2.46. The van der Waals surface area contributed by atoms with E-state index in [0.717, 1.165) is 19.5 Å². The first-order valence-corrected chi connectivity index (χ1v) is 7.63. The lowest BCUT2D eigenvalue weighted by Gasteiger charge is -2.19. The fraction of sp³-hybridized carbons (Fsp3) is 0.867. The van der Waals surface area contributed by atoms with E-state index < -0.39 is 5.60 Å². The van der Waals surface area contributed by atoms with E-state index in [0.29, 0.717) is 5.96 Å². The maximum absolute atomic E-state index is 11.6. The Balaban J connectivity index is 4.09. The van der Waals surface area contributed by atoms with E-state index in [1.165, 1.54) is 19.3 Å². The molecule has 0 saturated heterocycles. The highest BCUT2D eigenvalue weighted by Gasteiger charge is 2.15. The first-order chi connectivity index (χ1) is 9.39. The minimum absolute atomic E-state index is 0.0432. The summed E-state index contributed by atoms with van der Waals surface area (Å²) in [7, 11) is 0. The zero-order valence-corrected chi connectivity index (χ0v) is 13.7. The summed E-state index contributed by atoms with van der Waals surface area (Å²) in [4.78, 5) is 15.8. The number of aliphatic imine (C=N–C) groups is 1. The standard InChI is InChI=1S/C15H31N3O2/c1-6-8-9-10-11-17-14(16-7-2)18-12-13(19)20-15(3,4)5/h6-12H2,1-5H3,(H2,16,17,18). The minimum atomic E-state index is -0.460. The third-order valence-electron chi connectivity index (χ3n) is 2.45. The SMILES string of the molecule is CCCCCCNC(=NCC(=O)OC(C)(C)C)NCC. The molecule has 5 heteroatoms. The quantitative estimate of drug-likeness (QED) is 0.311. The molecule has 0 aliphatic rings. The molecule has 0 bridgehead atoms. The molecule has 0 fully saturated rings. The highest BCUT2D eigenvalue weighted by molar-refractivity contribution is 5.83. The van der Waals surface area contributed by atoms with E-state index in [2.05, 4.69) is 22.5 Å². The van der Waals surface area contributed by atoms with Crippen LogP contribution in [0.4, 0.5) is 0 Å². The van der Waals surface area contributed by atoms with Crippen LogP contribution in [-0.4, -0.2) is 37.2 Å². The summed E-state index contributed by atoms with van der Waals surface area (Å²) in [6, 6.07) is 0. The van der Waals surface area contributed by atoms with Gasteiger partial charge in [-0.1, -0.05) is 26.2 Å². The molecular formula is C15H31N3O2. The average molecular weight is 285 g/mol. The molecule has 0 aromatic rings. The Morgan fingerprint density at radius 1 is 1.10 bits per heavy atom. The van der Waals surface area contributed by atoms with E-state index in [4.69, 9.17) is 4.74 Å². The predicted molar refractivity (Wildman–Crippen MR) is 84.0 cm³/mol. The first-order valence-electron chi connectivity index (χ1n) is 7.63. The van der Waals surface area contributed by atoms with E-state index >= 15 is 0 Å². The van der Waals surface area contributed by atoms with Crippen molar-refractivity contribution < 1.29 is 9.53 Å². The van der Waals surface area contributed by atoms with Gasteiger partial charge in [0.2, 0.25) is 0 Å². The van der Waals surface area contributed by atoms with E-state index in [9.17, 15) is 4.79 Å². The van der Waals surface area contributed by atoms with Crippen molar-refractivity contribution in [1.29, 1.82) is 0 Å². The van der Waals surface area contributed by atoms with Crippen molar-refractivity contribution in [3.63, 3.8) is 0 Å². The van der Waals surface area contributed by atoms with Crippen LogP contribution in [0.2, 0.25) is 0 Å². The Morgan fingerprint density at radius 2 is 1.80 bits per heavy atom. The van der Waals surface area contributed by atoms with Gasteiger partial charge in [0.05, 0.1) is 0 Å². The molecule has 0 amide bonds. The van der Waals surface area contributed by atoms with Crippen molar-refractivity contribution in [2.75, 3.05) is 19.6 Å². The van der Waals surface area contributed by atoms with Gasteiger partial charge < -0.3 is 15.4 Å². The number of carbonyl (C=O) groups is 1. The minimum Gasteiger partial charge on any atom is -0.459 e. The molecule has 0 atom stereocenters. The molecule has 0 unspecified atom stereocenters. The zero-order valence-electron chi connectivity index (χ0n) is 13.7. The summed E-state index contributed by atoms with van der Waals surface area (Å²) in [5.74, 6) is 0.371. The second-order valence-electron chi connectivity index (χ2n) is 5.77. The van der Waals surface area contributed by atoms with Crippen molar-refractivity contribution >= 4 is 11.9 Å². The molecule has 0 saturated carbocycles. The summed E-state index contributed by atoms with van der Waals surface area (Å²) in [5.41, 5.74) is -0.460. The van der Waals surface area contributed by atoms with Gasteiger partial charge in [0.15, 0.2) is 5.96 Å². The third-order valence-corrected chi connectivity index (χ3v) is 2.45. The number of nitrogens with zero attached hydrogens (tertiary/aromatic N) is 1. The van der Waals surface area contributed by atoms with Gasteiger partial charge in [-0.15, -0.1) is 0 Å². The molecule has 0 aliphatic carbocycles. The van der Waals surface area contributed by atoms with Crippen LogP contribution in [0.15, 0.2) is 4.99 Å². The van der Waals surface area contributed by atoms with Gasteiger partial charge in [0.1, 0.15) is 12.1 Å². The maximum Gasteiger partial charge on any atom is 0.328 e. The number of ether oxygens (including phenoxy) is 1. The van der Waals surface area contributed by atoms with Crippen molar-refractivity contribution in [2.45, 2.75) is 65.9 Å². The van der Waals surface area contributed by atoms with Gasteiger partial charge in [-0.2, -0.15) is 0 Å². The number of hydrogen-bond donors (Lipinski definition) is 2. The molecule has 2 N–H and O–H groups in total. The van der Waals surface area contributed by atoms with Gasteiger partial charge in [0.25, 0.3) is 0 Å². The number of esters is 1. The summed E-state index contributed by atoms with van der Waals surface area (Å²) < 4.78 is 5.22. The van der Waals surface area contributed by atoms with Crippen LogP contribution in [0.1, 0.15) is 60.3 Å². The molecule has 0 radical (unpaired) electrons. The Kier molecular flexibility index (Phi) is 9.86. The Labute approximate surface area is 123 Å². The van der Waals surface area contributed by atoms with Crippen LogP contribution in [0.5, 0.6) is 0 Å². The molecule has 118 valence electrons. The second kappa shape index (κ2) is 10.5. The van der Waals surface area contributed by atoms with Crippen LogP contribution < -0.4 is 10.6 Å². The highest BCUT2D eigenvalue weighted by Crippen LogP contribution is 2.06. The number of nitrogens with one attached hydrogen (secondary N) is 2. The monoisotopic (exact) mass is 285 g/mol. The van der Waals surface area contributed by atoms with Gasteiger partial charge >= 0.3 is 5.97 Å². The Bertz CT molecular complexity index is 296. The summed E-state index contributed by atoms with van der Waals surface area (Å²) in [5, 5.41) is 6.35. The largest absolute Gasteiger partial charge is 0.459 e. The number of guanidine groups is 1. The van der Waals surface area contributed by atoms with Crippen LogP contribution >= 0.6 is 0 Å². The average Bonchev–Trinajstić information content (AvgIpc) is 2.33. The number of hydrogen-bond acceptors (Lipinski definition) is 3. The van der Waals surface area contributed by atoms with E-state index in [-0.39, 0.29) is 12.5 Å². The molecule has 0 aromatic heterocycles. The summed E-state index contributed by atoms with van der Waals surface area (Å²) >= 11 is 0. The molecule has 20 heavy (non-hydrogen) atoms. The summed E-state index contributed by atoms with van der Waals surface area (Å²) in [6.07, 6.45) is 4.82. The van der Waals surface area contributed by atoms with Crippen molar-refractivity contribution in [2.24, 2.45) is 4.99 Å². The van der Waals surface area contributed by atoms with Crippen LogP contribution in [0, 0.1) is 0 Å². The molecule has 5 nitrogen and oxygen atoms in total. The maximum atomic E-state index is 11.6. The van der Waals surface area contributed by atoms with Gasteiger partial charge in [-0.05, 0) is 34.1 Å². The topological polar surface area (TPSA) is 62.7 Å². The smallest absolute Gasteiger partial charge is 0.328 e. The number of carbonyl (C=O) groups excluding carboxylic acids is 1. The molecule has 0 spiro atoms.